The number of aryl methyl sites for hydroxylation is 1. The number of carbonyl (C=O) groups is 1. The molecule has 3 rings (SSSR count). The van der Waals surface area contributed by atoms with Gasteiger partial charge < -0.3 is 19.9 Å². The lowest BCUT2D eigenvalue weighted by molar-refractivity contribution is -0.120. The lowest BCUT2D eigenvalue weighted by Gasteiger charge is -2.35. The highest BCUT2D eigenvalue weighted by Crippen LogP contribution is 2.17. The van der Waals surface area contributed by atoms with Crippen LogP contribution in [0.1, 0.15) is 31.9 Å². The molecule has 1 aromatic carbocycles. The summed E-state index contributed by atoms with van der Waals surface area (Å²) in [6.07, 6.45) is 4.49. The Labute approximate surface area is 201 Å². The van der Waals surface area contributed by atoms with Gasteiger partial charge in [-0.05, 0) is 25.8 Å². The van der Waals surface area contributed by atoms with Gasteiger partial charge in [0.15, 0.2) is 5.96 Å². The summed E-state index contributed by atoms with van der Waals surface area (Å²) in [5, 5.41) is 7.47. The van der Waals surface area contributed by atoms with Crippen molar-refractivity contribution in [3.05, 3.63) is 48.3 Å². The Morgan fingerprint density at radius 3 is 2.71 bits per heavy atom. The SMILES string of the molecule is CCNC(=NCCCOC(C)c1ccccc1)N1CCN(c2cnn(C)c2)C(=O)C1.I. The van der Waals surface area contributed by atoms with Crippen molar-refractivity contribution in [2.24, 2.45) is 12.0 Å². The molecular weight excluding hydrogens is 507 g/mol. The van der Waals surface area contributed by atoms with Gasteiger partial charge in [0.1, 0.15) is 6.54 Å². The van der Waals surface area contributed by atoms with Crippen LogP contribution in [0.2, 0.25) is 0 Å². The molecule has 0 bridgehead atoms. The van der Waals surface area contributed by atoms with E-state index in [4.69, 9.17) is 9.73 Å². The number of piperazine rings is 1. The molecule has 1 amide bonds. The summed E-state index contributed by atoms with van der Waals surface area (Å²) >= 11 is 0. The Balaban J connectivity index is 0.00000341. The molecule has 0 radical (unpaired) electrons. The molecule has 1 unspecified atom stereocenters. The van der Waals surface area contributed by atoms with Crippen molar-refractivity contribution >= 4 is 41.5 Å². The van der Waals surface area contributed by atoms with Gasteiger partial charge in [0.25, 0.3) is 0 Å². The number of rotatable bonds is 8. The van der Waals surface area contributed by atoms with Gasteiger partial charge in [-0.1, -0.05) is 30.3 Å². The van der Waals surface area contributed by atoms with Crippen LogP contribution in [0.25, 0.3) is 0 Å². The monoisotopic (exact) mass is 540 g/mol. The maximum atomic E-state index is 12.7. The molecule has 1 aliphatic heterocycles. The van der Waals surface area contributed by atoms with Crippen LogP contribution in [0.15, 0.2) is 47.7 Å². The number of hydrogen-bond donors (Lipinski definition) is 1. The molecule has 0 aliphatic carbocycles. The molecular formula is C22H33IN6O2. The molecule has 1 fully saturated rings. The number of hydrogen-bond acceptors (Lipinski definition) is 4. The van der Waals surface area contributed by atoms with E-state index in [0.717, 1.165) is 31.2 Å². The largest absolute Gasteiger partial charge is 0.374 e. The molecule has 170 valence electrons. The summed E-state index contributed by atoms with van der Waals surface area (Å²) in [7, 11) is 1.85. The third-order valence-electron chi connectivity index (χ3n) is 5.06. The van der Waals surface area contributed by atoms with Crippen molar-refractivity contribution in [3.8, 4) is 0 Å². The van der Waals surface area contributed by atoms with E-state index >= 15 is 0 Å². The lowest BCUT2D eigenvalue weighted by atomic mass is 10.1. The van der Waals surface area contributed by atoms with E-state index in [-0.39, 0.29) is 36.0 Å². The van der Waals surface area contributed by atoms with E-state index in [2.05, 4.69) is 29.5 Å². The average molecular weight is 540 g/mol. The van der Waals surface area contributed by atoms with Gasteiger partial charge in [-0.25, -0.2) is 0 Å². The molecule has 31 heavy (non-hydrogen) atoms. The first-order valence-electron chi connectivity index (χ1n) is 10.6. The summed E-state index contributed by atoms with van der Waals surface area (Å²) < 4.78 is 7.63. The molecule has 1 atom stereocenters. The maximum Gasteiger partial charge on any atom is 0.246 e. The van der Waals surface area contributed by atoms with Gasteiger partial charge in [-0.2, -0.15) is 5.10 Å². The van der Waals surface area contributed by atoms with Gasteiger partial charge in [0.2, 0.25) is 5.91 Å². The molecule has 8 nitrogen and oxygen atoms in total. The molecule has 9 heteroatoms. The first kappa shape index (κ1) is 25.1. The van der Waals surface area contributed by atoms with Gasteiger partial charge >= 0.3 is 0 Å². The van der Waals surface area contributed by atoms with Crippen molar-refractivity contribution in [1.29, 1.82) is 0 Å². The van der Waals surface area contributed by atoms with Crippen molar-refractivity contribution in [2.75, 3.05) is 44.2 Å². The zero-order chi connectivity index (χ0) is 21.3. The highest BCUT2D eigenvalue weighted by atomic mass is 127. The number of carbonyl (C=O) groups excluding carboxylic acids is 1. The van der Waals surface area contributed by atoms with Crippen LogP contribution in [-0.4, -0.2) is 65.9 Å². The van der Waals surface area contributed by atoms with E-state index in [1.54, 1.807) is 15.8 Å². The Bertz CT molecular complexity index is 842. The first-order valence-corrected chi connectivity index (χ1v) is 10.6. The molecule has 2 heterocycles. The Kier molecular flexibility index (Phi) is 10.3. The van der Waals surface area contributed by atoms with Crippen LogP contribution in [0.5, 0.6) is 0 Å². The maximum absolute atomic E-state index is 12.7. The normalized spacial score (nSPS) is 15.6. The summed E-state index contributed by atoms with van der Waals surface area (Å²) in [6.45, 7) is 7.82. The minimum Gasteiger partial charge on any atom is -0.374 e. The number of ether oxygens (including phenoxy) is 1. The topological polar surface area (TPSA) is 75.0 Å². The second-order valence-electron chi connectivity index (χ2n) is 7.35. The minimum absolute atomic E-state index is 0. The lowest BCUT2D eigenvalue weighted by Crippen LogP contribution is -2.55. The van der Waals surface area contributed by atoms with Gasteiger partial charge in [0, 0.05) is 46.0 Å². The fraction of sp³-hybridized carbons (Fsp3) is 0.500. The van der Waals surface area contributed by atoms with Gasteiger partial charge in [-0.15, -0.1) is 24.0 Å². The number of amides is 1. The summed E-state index contributed by atoms with van der Waals surface area (Å²) in [5.74, 6) is 0.840. The number of halogens is 1. The Morgan fingerprint density at radius 2 is 2.06 bits per heavy atom. The first-order chi connectivity index (χ1) is 14.6. The Morgan fingerprint density at radius 1 is 1.29 bits per heavy atom. The summed E-state index contributed by atoms with van der Waals surface area (Å²) in [6, 6.07) is 10.2. The number of nitrogens with zero attached hydrogens (tertiary/aromatic N) is 5. The van der Waals surface area contributed by atoms with Crippen LogP contribution < -0.4 is 10.2 Å². The van der Waals surface area contributed by atoms with E-state index in [1.165, 1.54) is 5.56 Å². The predicted octanol–water partition coefficient (Wildman–Crippen LogP) is 2.82. The van der Waals surface area contributed by atoms with Crippen LogP contribution >= 0.6 is 24.0 Å². The zero-order valence-corrected chi connectivity index (χ0v) is 20.9. The van der Waals surface area contributed by atoms with E-state index < -0.39 is 0 Å². The minimum atomic E-state index is 0. The van der Waals surface area contributed by atoms with Gasteiger partial charge in [0.05, 0.1) is 18.0 Å². The van der Waals surface area contributed by atoms with Crippen LogP contribution in [0.3, 0.4) is 0 Å². The second-order valence-corrected chi connectivity index (χ2v) is 7.35. The fourth-order valence-corrected chi connectivity index (χ4v) is 3.43. The van der Waals surface area contributed by atoms with E-state index in [9.17, 15) is 4.79 Å². The third kappa shape index (κ3) is 7.20. The van der Waals surface area contributed by atoms with E-state index in [0.29, 0.717) is 26.2 Å². The second kappa shape index (κ2) is 12.7. The zero-order valence-electron chi connectivity index (χ0n) is 18.5. The molecule has 0 spiro atoms. The molecule has 1 aliphatic rings. The number of benzene rings is 1. The number of guanidine groups is 1. The van der Waals surface area contributed by atoms with Crippen LogP contribution in [0, 0.1) is 0 Å². The van der Waals surface area contributed by atoms with Crippen molar-refractivity contribution in [2.45, 2.75) is 26.4 Å². The van der Waals surface area contributed by atoms with Crippen molar-refractivity contribution in [1.82, 2.24) is 20.0 Å². The number of aliphatic imine (C=N–C) groups is 1. The number of nitrogens with one attached hydrogen (secondary N) is 1. The van der Waals surface area contributed by atoms with Crippen molar-refractivity contribution < 1.29 is 9.53 Å². The summed E-state index contributed by atoms with van der Waals surface area (Å²) in [4.78, 5) is 21.2. The standard InChI is InChI=1S/C22H32N6O2.HI/c1-4-23-22(24-11-8-14-30-18(2)19-9-6-5-7-10-19)27-12-13-28(21(29)17-27)20-15-25-26(3)16-20;/h5-7,9-10,15-16,18H,4,8,11-14,17H2,1-3H3,(H,23,24);1H. The summed E-state index contributed by atoms with van der Waals surface area (Å²) in [5.41, 5.74) is 2.02. The smallest absolute Gasteiger partial charge is 0.246 e. The van der Waals surface area contributed by atoms with Crippen molar-refractivity contribution in [3.63, 3.8) is 0 Å². The van der Waals surface area contributed by atoms with E-state index in [1.807, 2.05) is 43.3 Å². The number of anilines is 1. The van der Waals surface area contributed by atoms with Crippen LogP contribution in [0.4, 0.5) is 5.69 Å². The number of aromatic nitrogens is 2. The Hall–Kier alpha value is -2.14. The molecule has 0 saturated carbocycles. The average Bonchev–Trinajstić information content (AvgIpc) is 3.19. The predicted molar refractivity (Wildman–Crippen MR) is 134 cm³/mol. The fourth-order valence-electron chi connectivity index (χ4n) is 3.43. The highest BCUT2D eigenvalue weighted by molar-refractivity contribution is 14.0. The highest BCUT2D eigenvalue weighted by Gasteiger charge is 2.27. The van der Waals surface area contributed by atoms with Gasteiger partial charge in [-0.3, -0.25) is 14.5 Å². The molecule has 1 aromatic heterocycles. The van der Waals surface area contributed by atoms with Crippen LogP contribution in [-0.2, 0) is 16.6 Å². The molecule has 2 aromatic rings. The molecule has 1 saturated heterocycles. The molecule has 1 N–H and O–H groups in total. The third-order valence-corrected chi connectivity index (χ3v) is 5.06. The quantitative estimate of drug-likeness (QED) is 0.241.